The highest BCUT2D eigenvalue weighted by Gasteiger charge is 1.97. The van der Waals surface area contributed by atoms with Crippen LogP contribution >= 0.6 is 12.0 Å². The van der Waals surface area contributed by atoms with Gasteiger partial charge in [-0.15, -0.1) is 0 Å². The first-order valence-electron chi connectivity index (χ1n) is 6.11. The molecule has 0 unspecified atom stereocenters. The number of ether oxygens (including phenoxy) is 1. The Morgan fingerprint density at radius 3 is 2.58 bits per heavy atom. The van der Waals surface area contributed by atoms with Gasteiger partial charge < -0.3 is 9.29 Å². The van der Waals surface area contributed by atoms with Gasteiger partial charge in [0.1, 0.15) is 6.61 Å². The summed E-state index contributed by atoms with van der Waals surface area (Å²) in [5, 5.41) is 0. The first-order chi connectivity index (χ1) is 9.17. The Morgan fingerprint density at radius 1 is 1.32 bits per heavy atom. The summed E-state index contributed by atoms with van der Waals surface area (Å²) in [6.07, 6.45) is 13.8. The van der Waals surface area contributed by atoms with Crippen molar-refractivity contribution in [2.75, 3.05) is 6.61 Å². The maximum atomic E-state index is 9.05. The molecular weight excluding hydrogens is 256 g/mol. The molecule has 0 heterocycles. The highest BCUT2D eigenvalue weighted by Crippen LogP contribution is 2.16. The summed E-state index contributed by atoms with van der Waals surface area (Å²) < 4.78 is 14.7. The van der Waals surface area contributed by atoms with Crippen LogP contribution in [0.25, 0.3) is 0 Å². The normalized spacial score (nSPS) is 13.7. The largest absolute Gasteiger partial charge is 0.494 e. The summed E-state index contributed by atoms with van der Waals surface area (Å²) in [6.45, 7) is 11.7. The third kappa shape index (κ3) is 9.17. The van der Waals surface area contributed by atoms with Crippen molar-refractivity contribution in [1.29, 1.82) is 0 Å². The Labute approximate surface area is 120 Å². The molecule has 0 aromatic carbocycles. The molecule has 0 fully saturated rings. The molecule has 1 N–H and O–H groups in total. The van der Waals surface area contributed by atoms with E-state index in [0.717, 1.165) is 17.8 Å². The molecule has 0 bridgehead atoms. The van der Waals surface area contributed by atoms with Crippen LogP contribution in [0, 0.1) is 0 Å². The van der Waals surface area contributed by atoms with Gasteiger partial charge in [-0.25, -0.2) is 0 Å². The lowest BCUT2D eigenvalue weighted by Crippen LogP contribution is -1.95. The van der Waals surface area contributed by atoms with Crippen molar-refractivity contribution in [2.45, 2.75) is 20.3 Å². The van der Waals surface area contributed by atoms with Gasteiger partial charge in [0.15, 0.2) is 0 Å². The highest BCUT2D eigenvalue weighted by molar-refractivity contribution is 7.97. The molecule has 104 valence electrons. The Bertz CT molecular complexity index is 401. The van der Waals surface area contributed by atoms with Crippen LogP contribution in [0.4, 0.5) is 0 Å². The van der Waals surface area contributed by atoms with Crippen molar-refractivity contribution in [3.8, 4) is 0 Å². The number of hydrogen-bond donors (Lipinski definition) is 1. The van der Waals surface area contributed by atoms with E-state index in [9.17, 15) is 0 Å². The molecule has 19 heavy (non-hydrogen) atoms. The molecule has 0 atom stereocenters. The lowest BCUT2D eigenvalue weighted by molar-refractivity contribution is 0.244. The van der Waals surface area contributed by atoms with Crippen molar-refractivity contribution in [3.05, 3.63) is 71.9 Å². The Morgan fingerprint density at radius 2 is 2.05 bits per heavy atom. The molecule has 0 aliphatic heterocycles. The summed E-state index contributed by atoms with van der Waals surface area (Å²) in [6, 6.07) is 0. The summed E-state index contributed by atoms with van der Waals surface area (Å²) in [5.41, 5.74) is 1.10. The van der Waals surface area contributed by atoms with Gasteiger partial charge in [0, 0.05) is 16.9 Å². The van der Waals surface area contributed by atoms with E-state index in [4.69, 9.17) is 9.29 Å². The second kappa shape index (κ2) is 11.6. The Kier molecular flexibility index (Phi) is 10.7. The average molecular weight is 278 g/mol. The molecule has 0 spiro atoms. The van der Waals surface area contributed by atoms with Crippen molar-refractivity contribution in [2.24, 2.45) is 0 Å². The van der Waals surface area contributed by atoms with Gasteiger partial charge in [0.25, 0.3) is 0 Å². The van der Waals surface area contributed by atoms with E-state index in [2.05, 4.69) is 26.2 Å². The average Bonchev–Trinajstić information content (AvgIpc) is 2.41. The first kappa shape index (κ1) is 17.6. The monoisotopic (exact) mass is 278 g/mol. The summed E-state index contributed by atoms with van der Waals surface area (Å²) in [5.74, 6) is 0.739. The van der Waals surface area contributed by atoms with Crippen molar-refractivity contribution in [1.82, 2.24) is 0 Å². The van der Waals surface area contributed by atoms with E-state index in [1.165, 1.54) is 0 Å². The smallest absolute Gasteiger partial charge is 0.112 e. The van der Waals surface area contributed by atoms with Crippen LogP contribution in [0.15, 0.2) is 71.9 Å². The Balaban J connectivity index is 4.59. The fourth-order valence-electron chi connectivity index (χ4n) is 1.29. The molecule has 0 aromatic heterocycles. The predicted molar refractivity (Wildman–Crippen MR) is 85.9 cm³/mol. The molecule has 2 nitrogen and oxygen atoms in total. The van der Waals surface area contributed by atoms with Gasteiger partial charge in [-0.3, -0.25) is 0 Å². The zero-order valence-corrected chi connectivity index (χ0v) is 12.5. The van der Waals surface area contributed by atoms with Crippen molar-refractivity contribution >= 4 is 12.0 Å². The quantitative estimate of drug-likeness (QED) is 0.354. The minimum absolute atomic E-state index is 0.498. The van der Waals surface area contributed by atoms with Gasteiger partial charge in [-0.1, -0.05) is 50.5 Å². The van der Waals surface area contributed by atoms with E-state index < -0.39 is 0 Å². The fourth-order valence-corrected chi connectivity index (χ4v) is 1.66. The highest BCUT2D eigenvalue weighted by atomic mass is 32.2. The van der Waals surface area contributed by atoms with Crippen LogP contribution in [0.3, 0.4) is 0 Å². The predicted octanol–water partition coefficient (Wildman–Crippen LogP) is 5.26. The van der Waals surface area contributed by atoms with Crippen LogP contribution in [0.2, 0.25) is 0 Å². The van der Waals surface area contributed by atoms with Gasteiger partial charge in [-0.2, -0.15) is 0 Å². The zero-order chi connectivity index (χ0) is 14.5. The van der Waals surface area contributed by atoms with E-state index in [1.807, 2.05) is 19.1 Å². The van der Waals surface area contributed by atoms with Gasteiger partial charge in [0.2, 0.25) is 0 Å². The number of allylic oxidation sites excluding steroid dienone is 7. The summed E-state index contributed by atoms with van der Waals surface area (Å²) in [7, 11) is 0. The van der Waals surface area contributed by atoms with Gasteiger partial charge in [0.05, 0.1) is 5.76 Å². The molecule has 0 rings (SSSR count). The lowest BCUT2D eigenvalue weighted by atomic mass is 10.2. The standard InChI is InChI=1S/C16H22O2S/c1-5-8-11-15(9-6-2)13-18-14(4)12-16(19-17)10-7-3/h5,7-12,17H,1,3,6,13H2,2,4H3/b11-8-,14-12+,15-9+,16-10+. The molecule has 0 amide bonds. The molecule has 0 saturated heterocycles. The minimum atomic E-state index is 0.498. The lowest BCUT2D eigenvalue weighted by Gasteiger charge is -2.07. The fraction of sp³-hybridized carbons (Fsp3) is 0.250. The first-order valence-corrected chi connectivity index (χ1v) is 6.88. The zero-order valence-electron chi connectivity index (χ0n) is 11.6. The molecule has 0 aliphatic carbocycles. The maximum absolute atomic E-state index is 9.05. The van der Waals surface area contributed by atoms with Crippen molar-refractivity contribution in [3.63, 3.8) is 0 Å². The van der Waals surface area contributed by atoms with E-state index in [1.54, 1.807) is 24.3 Å². The molecule has 0 saturated carbocycles. The van der Waals surface area contributed by atoms with Crippen molar-refractivity contribution < 1.29 is 9.29 Å². The molecule has 3 heteroatoms. The van der Waals surface area contributed by atoms with E-state index in [0.29, 0.717) is 23.6 Å². The molecule has 0 aromatic rings. The van der Waals surface area contributed by atoms with Gasteiger partial charge >= 0.3 is 0 Å². The Hall–Kier alpha value is -1.45. The SMILES string of the molecule is C=C/C=C\C(=C/CC)CO/C(C)=C/C(=C\C=C)SO. The number of rotatable bonds is 9. The second-order valence-corrected chi connectivity index (χ2v) is 4.38. The third-order valence-electron chi connectivity index (χ3n) is 2.11. The topological polar surface area (TPSA) is 29.5 Å². The minimum Gasteiger partial charge on any atom is -0.494 e. The third-order valence-corrected chi connectivity index (χ3v) is 2.58. The second-order valence-electron chi connectivity index (χ2n) is 3.72. The molecular formula is C16H22O2S. The van der Waals surface area contributed by atoms with E-state index in [-0.39, 0.29) is 0 Å². The van der Waals surface area contributed by atoms with Crippen LogP contribution in [-0.4, -0.2) is 11.2 Å². The summed E-state index contributed by atoms with van der Waals surface area (Å²) >= 11 is 0.673. The van der Waals surface area contributed by atoms with Crippen LogP contribution in [0.5, 0.6) is 0 Å². The van der Waals surface area contributed by atoms with E-state index >= 15 is 0 Å². The summed E-state index contributed by atoms with van der Waals surface area (Å²) in [4.78, 5) is 0.690. The van der Waals surface area contributed by atoms with Gasteiger partial charge in [-0.05, 0) is 31.1 Å². The molecule has 0 radical (unpaired) electrons. The maximum Gasteiger partial charge on any atom is 0.112 e. The van der Waals surface area contributed by atoms with Crippen LogP contribution in [-0.2, 0) is 4.74 Å². The number of hydrogen-bond acceptors (Lipinski definition) is 3. The van der Waals surface area contributed by atoms with Crippen LogP contribution < -0.4 is 0 Å². The van der Waals surface area contributed by atoms with Crippen LogP contribution in [0.1, 0.15) is 20.3 Å². The molecule has 0 aliphatic rings.